The molecule has 102 valence electrons. The molecule has 0 aliphatic rings. The fourth-order valence-electron chi connectivity index (χ4n) is 1.43. The number of amides is 1. The summed E-state index contributed by atoms with van der Waals surface area (Å²) in [5.74, 6) is -1.56. The SMILES string of the molecule is O=C(O)c1ccc(C(=O)Nc2ccc(Br)cc2Cl)nc1. The highest BCUT2D eigenvalue weighted by Gasteiger charge is 2.11. The van der Waals surface area contributed by atoms with Gasteiger partial charge in [0.15, 0.2) is 0 Å². The number of carboxylic acid groups (broad SMARTS) is 1. The molecule has 0 saturated carbocycles. The van der Waals surface area contributed by atoms with E-state index in [0.717, 1.165) is 10.7 Å². The molecule has 1 amide bonds. The molecule has 0 radical (unpaired) electrons. The first-order chi connectivity index (χ1) is 9.47. The molecular formula is C13H8BrClN2O3. The van der Waals surface area contributed by atoms with Crippen molar-refractivity contribution in [3.63, 3.8) is 0 Å². The Labute approximate surface area is 127 Å². The van der Waals surface area contributed by atoms with Crippen LogP contribution in [0.2, 0.25) is 5.02 Å². The number of rotatable bonds is 3. The maximum absolute atomic E-state index is 11.9. The van der Waals surface area contributed by atoms with Gasteiger partial charge in [-0.15, -0.1) is 0 Å². The molecule has 0 aliphatic heterocycles. The smallest absolute Gasteiger partial charge is 0.337 e. The van der Waals surface area contributed by atoms with Crippen LogP contribution >= 0.6 is 27.5 Å². The molecule has 2 aromatic rings. The number of hydrogen-bond donors (Lipinski definition) is 2. The second kappa shape index (κ2) is 6.02. The van der Waals surface area contributed by atoms with E-state index >= 15 is 0 Å². The number of carbonyl (C=O) groups excluding carboxylic acids is 1. The summed E-state index contributed by atoms with van der Waals surface area (Å²) in [4.78, 5) is 26.4. The number of carboxylic acids is 1. The van der Waals surface area contributed by atoms with Crippen molar-refractivity contribution in [3.8, 4) is 0 Å². The second-order valence-corrected chi connectivity index (χ2v) is 5.14. The number of anilines is 1. The number of benzene rings is 1. The molecule has 1 aromatic carbocycles. The van der Waals surface area contributed by atoms with Gasteiger partial charge < -0.3 is 10.4 Å². The van der Waals surface area contributed by atoms with Crippen LogP contribution in [0.3, 0.4) is 0 Å². The van der Waals surface area contributed by atoms with E-state index in [2.05, 4.69) is 26.2 Å². The third-order valence-electron chi connectivity index (χ3n) is 2.42. The maximum atomic E-state index is 11.9. The molecule has 1 aromatic heterocycles. The van der Waals surface area contributed by atoms with Gasteiger partial charge in [-0.3, -0.25) is 9.78 Å². The molecular weight excluding hydrogens is 348 g/mol. The highest BCUT2D eigenvalue weighted by molar-refractivity contribution is 9.10. The van der Waals surface area contributed by atoms with Crippen molar-refractivity contribution in [2.75, 3.05) is 5.32 Å². The van der Waals surface area contributed by atoms with E-state index in [0.29, 0.717) is 10.7 Å². The molecule has 2 N–H and O–H groups in total. The largest absolute Gasteiger partial charge is 0.478 e. The number of nitrogens with one attached hydrogen (secondary N) is 1. The maximum Gasteiger partial charge on any atom is 0.337 e. The number of aromatic nitrogens is 1. The molecule has 1 heterocycles. The molecule has 0 spiro atoms. The topological polar surface area (TPSA) is 79.3 Å². The van der Waals surface area contributed by atoms with Gasteiger partial charge in [-0.25, -0.2) is 4.79 Å². The first-order valence-electron chi connectivity index (χ1n) is 5.43. The van der Waals surface area contributed by atoms with Crippen molar-refractivity contribution in [3.05, 3.63) is 57.3 Å². The molecule has 0 fully saturated rings. The second-order valence-electron chi connectivity index (χ2n) is 3.82. The Balaban J connectivity index is 2.17. The quantitative estimate of drug-likeness (QED) is 0.884. The van der Waals surface area contributed by atoms with Crippen LogP contribution in [0.5, 0.6) is 0 Å². The Morgan fingerprint density at radius 2 is 2.00 bits per heavy atom. The summed E-state index contributed by atoms with van der Waals surface area (Å²) in [6.45, 7) is 0. The van der Waals surface area contributed by atoms with Crippen LogP contribution in [0, 0.1) is 0 Å². The predicted octanol–water partition coefficient (Wildman–Crippen LogP) is 3.45. The van der Waals surface area contributed by atoms with E-state index in [4.69, 9.17) is 16.7 Å². The van der Waals surface area contributed by atoms with E-state index < -0.39 is 11.9 Å². The summed E-state index contributed by atoms with van der Waals surface area (Å²) in [5.41, 5.74) is 0.571. The fraction of sp³-hybridized carbons (Fsp3) is 0. The van der Waals surface area contributed by atoms with Crippen molar-refractivity contribution < 1.29 is 14.7 Å². The van der Waals surface area contributed by atoms with Gasteiger partial charge in [-0.1, -0.05) is 27.5 Å². The zero-order chi connectivity index (χ0) is 14.7. The summed E-state index contributed by atoms with van der Waals surface area (Å²) in [6, 6.07) is 7.69. The lowest BCUT2D eigenvalue weighted by molar-refractivity contribution is 0.0696. The standard InChI is InChI=1S/C13H8BrClN2O3/c14-8-2-4-10(9(15)5-8)17-12(18)11-3-1-7(6-16-11)13(19)20/h1-6H,(H,17,18)(H,19,20). The normalized spacial score (nSPS) is 10.1. The third kappa shape index (κ3) is 3.34. The third-order valence-corrected chi connectivity index (χ3v) is 3.23. The minimum absolute atomic E-state index is 0.0169. The molecule has 2 rings (SSSR count). The zero-order valence-corrected chi connectivity index (χ0v) is 12.3. The number of aromatic carboxylic acids is 1. The highest BCUT2D eigenvalue weighted by atomic mass is 79.9. The Bertz CT molecular complexity index is 674. The lowest BCUT2D eigenvalue weighted by atomic mass is 10.2. The van der Waals surface area contributed by atoms with Crippen LogP contribution in [0.15, 0.2) is 41.0 Å². The van der Waals surface area contributed by atoms with Crippen molar-refractivity contribution in [2.45, 2.75) is 0 Å². The summed E-state index contributed by atoms with van der Waals surface area (Å²) in [7, 11) is 0. The van der Waals surface area contributed by atoms with E-state index in [1.54, 1.807) is 18.2 Å². The molecule has 0 unspecified atom stereocenters. The number of pyridine rings is 1. The van der Waals surface area contributed by atoms with E-state index in [9.17, 15) is 9.59 Å². The van der Waals surface area contributed by atoms with Crippen LogP contribution < -0.4 is 5.32 Å². The fourth-order valence-corrected chi connectivity index (χ4v) is 2.15. The van der Waals surface area contributed by atoms with Gasteiger partial charge in [0, 0.05) is 10.7 Å². The van der Waals surface area contributed by atoms with Crippen molar-refractivity contribution in [2.24, 2.45) is 0 Å². The summed E-state index contributed by atoms with van der Waals surface area (Å²) < 4.78 is 0.796. The number of carbonyl (C=O) groups is 2. The Morgan fingerprint density at radius 1 is 1.25 bits per heavy atom. The van der Waals surface area contributed by atoms with Crippen molar-refractivity contribution in [1.82, 2.24) is 4.98 Å². The summed E-state index contributed by atoms with van der Waals surface area (Å²) >= 11 is 9.25. The number of nitrogens with zero attached hydrogens (tertiary/aromatic N) is 1. The number of halogens is 2. The van der Waals surface area contributed by atoms with E-state index in [-0.39, 0.29) is 11.3 Å². The molecule has 20 heavy (non-hydrogen) atoms. The van der Waals surface area contributed by atoms with Gasteiger partial charge in [-0.05, 0) is 30.3 Å². The van der Waals surface area contributed by atoms with Crippen LogP contribution in [0.25, 0.3) is 0 Å². The first kappa shape index (κ1) is 14.5. The molecule has 0 aliphatic carbocycles. The minimum atomic E-state index is -1.10. The minimum Gasteiger partial charge on any atom is -0.478 e. The van der Waals surface area contributed by atoms with Gasteiger partial charge in [0.1, 0.15) is 5.69 Å². The van der Waals surface area contributed by atoms with Gasteiger partial charge in [0.25, 0.3) is 5.91 Å². The zero-order valence-electron chi connectivity index (χ0n) is 9.93. The van der Waals surface area contributed by atoms with Crippen LogP contribution in [-0.4, -0.2) is 22.0 Å². The molecule has 0 saturated heterocycles. The van der Waals surface area contributed by atoms with Gasteiger partial charge in [-0.2, -0.15) is 0 Å². The van der Waals surface area contributed by atoms with Crippen molar-refractivity contribution >= 4 is 45.1 Å². The monoisotopic (exact) mass is 354 g/mol. The van der Waals surface area contributed by atoms with E-state index in [1.807, 2.05) is 0 Å². The van der Waals surface area contributed by atoms with Gasteiger partial charge in [0.2, 0.25) is 0 Å². The van der Waals surface area contributed by atoms with Crippen LogP contribution in [0.4, 0.5) is 5.69 Å². The summed E-state index contributed by atoms with van der Waals surface area (Å²) in [6.07, 6.45) is 1.13. The van der Waals surface area contributed by atoms with E-state index in [1.165, 1.54) is 12.1 Å². The number of hydrogen-bond acceptors (Lipinski definition) is 3. The van der Waals surface area contributed by atoms with Gasteiger partial charge >= 0.3 is 5.97 Å². The first-order valence-corrected chi connectivity index (χ1v) is 6.60. The molecule has 5 nitrogen and oxygen atoms in total. The van der Waals surface area contributed by atoms with Gasteiger partial charge in [0.05, 0.1) is 16.3 Å². The average Bonchev–Trinajstić information content (AvgIpc) is 2.42. The lowest BCUT2D eigenvalue weighted by Crippen LogP contribution is -2.14. The average molecular weight is 356 g/mol. The summed E-state index contributed by atoms with van der Waals surface area (Å²) in [5, 5.41) is 11.7. The molecule has 0 bridgehead atoms. The van der Waals surface area contributed by atoms with Crippen LogP contribution in [0.1, 0.15) is 20.8 Å². The Kier molecular flexibility index (Phi) is 4.36. The lowest BCUT2D eigenvalue weighted by Gasteiger charge is -2.07. The predicted molar refractivity (Wildman–Crippen MR) is 78.3 cm³/mol. The molecule has 7 heteroatoms. The highest BCUT2D eigenvalue weighted by Crippen LogP contribution is 2.25. The molecule has 0 atom stereocenters. The Hall–Kier alpha value is -1.92. The van der Waals surface area contributed by atoms with Crippen molar-refractivity contribution in [1.29, 1.82) is 0 Å². The van der Waals surface area contributed by atoms with Crippen LogP contribution in [-0.2, 0) is 0 Å². The Morgan fingerprint density at radius 3 is 2.55 bits per heavy atom.